The minimum atomic E-state index is 0. The van der Waals surface area contributed by atoms with E-state index in [-0.39, 0.29) is 24.0 Å². The summed E-state index contributed by atoms with van der Waals surface area (Å²) < 4.78 is 0. The molecule has 1 aliphatic rings. The molecule has 1 aliphatic heterocycles. The van der Waals surface area contributed by atoms with E-state index >= 15 is 0 Å². The Hall–Kier alpha value is -0.410. The molecular formula is C15H25IN4S2. The molecule has 1 fully saturated rings. The van der Waals surface area contributed by atoms with Gasteiger partial charge in [0.2, 0.25) is 0 Å². The summed E-state index contributed by atoms with van der Waals surface area (Å²) in [6.07, 6.45) is 1.95. The van der Waals surface area contributed by atoms with Gasteiger partial charge < -0.3 is 15.1 Å². The number of nitrogens with one attached hydrogen (secondary N) is 1. The topological polar surface area (TPSA) is 30.9 Å². The van der Waals surface area contributed by atoms with E-state index in [1.165, 1.54) is 5.00 Å². The molecule has 0 saturated carbocycles. The largest absolute Gasteiger partial charge is 0.360 e. The van der Waals surface area contributed by atoms with Gasteiger partial charge in [0.25, 0.3) is 0 Å². The summed E-state index contributed by atoms with van der Waals surface area (Å²) >= 11 is 3.71. The first kappa shape index (κ1) is 19.6. The minimum absolute atomic E-state index is 0. The highest BCUT2D eigenvalue weighted by Crippen LogP contribution is 2.22. The molecule has 2 rings (SSSR count). The van der Waals surface area contributed by atoms with Crippen molar-refractivity contribution in [1.82, 2.24) is 10.2 Å². The Kier molecular flexibility index (Phi) is 9.98. The second-order valence-corrected chi connectivity index (χ2v) is 6.84. The van der Waals surface area contributed by atoms with Crippen molar-refractivity contribution in [3.8, 4) is 0 Å². The van der Waals surface area contributed by atoms with E-state index in [4.69, 9.17) is 0 Å². The van der Waals surface area contributed by atoms with Gasteiger partial charge in [-0.1, -0.05) is 6.08 Å². The zero-order chi connectivity index (χ0) is 14.9. The lowest BCUT2D eigenvalue weighted by molar-refractivity contribution is 0.374. The van der Waals surface area contributed by atoms with Crippen molar-refractivity contribution in [2.75, 3.05) is 56.2 Å². The van der Waals surface area contributed by atoms with E-state index in [1.54, 1.807) is 0 Å². The summed E-state index contributed by atoms with van der Waals surface area (Å²) in [6, 6.07) is 4.32. The molecule has 1 aromatic rings. The number of hydrogen-bond donors (Lipinski definition) is 1. The number of hydrogen-bond acceptors (Lipinski definition) is 4. The maximum absolute atomic E-state index is 4.40. The van der Waals surface area contributed by atoms with Crippen molar-refractivity contribution >= 4 is 58.0 Å². The summed E-state index contributed by atoms with van der Waals surface area (Å²) in [5, 5.41) is 6.97. The first-order valence-corrected chi connectivity index (χ1v) is 9.31. The molecule has 4 nitrogen and oxygen atoms in total. The van der Waals surface area contributed by atoms with E-state index in [9.17, 15) is 0 Å². The Morgan fingerprint density at radius 2 is 2.23 bits per heavy atom. The summed E-state index contributed by atoms with van der Waals surface area (Å²) in [6.45, 7) is 8.86. The van der Waals surface area contributed by atoms with Gasteiger partial charge in [0.1, 0.15) is 0 Å². The van der Waals surface area contributed by atoms with E-state index < -0.39 is 0 Å². The minimum Gasteiger partial charge on any atom is -0.360 e. The molecule has 1 saturated heterocycles. The van der Waals surface area contributed by atoms with Gasteiger partial charge in [0.15, 0.2) is 5.96 Å². The third-order valence-corrected chi connectivity index (χ3v) is 5.27. The molecule has 0 amide bonds. The molecule has 2 heterocycles. The Bertz CT molecular complexity index is 442. The van der Waals surface area contributed by atoms with Crippen LogP contribution in [0.2, 0.25) is 0 Å². The van der Waals surface area contributed by atoms with Crippen LogP contribution in [-0.2, 0) is 0 Å². The predicted octanol–water partition coefficient (Wildman–Crippen LogP) is 2.98. The quantitative estimate of drug-likeness (QED) is 0.237. The van der Waals surface area contributed by atoms with Gasteiger partial charge >= 0.3 is 0 Å². The fraction of sp³-hybridized carbons (Fsp3) is 0.533. The van der Waals surface area contributed by atoms with Crippen LogP contribution >= 0.6 is 47.1 Å². The van der Waals surface area contributed by atoms with E-state index in [0.29, 0.717) is 0 Å². The summed E-state index contributed by atoms with van der Waals surface area (Å²) in [5.41, 5.74) is 0. The number of aliphatic imine (C=N–C) groups is 1. The normalized spacial score (nSPS) is 15.4. The van der Waals surface area contributed by atoms with Crippen molar-refractivity contribution in [1.29, 1.82) is 0 Å². The second-order valence-electron chi connectivity index (χ2n) is 4.76. The molecule has 1 aromatic heterocycles. The molecule has 0 aliphatic carbocycles. The first-order valence-electron chi connectivity index (χ1n) is 7.28. The van der Waals surface area contributed by atoms with E-state index in [2.05, 4.69) is 44.2 Å². The lowest BCUT2D eigenvalue weighted by atomic mass is 10.3. The Labute approximate surface area is 159 Å². The fourth-order valence-electron chi connectivity index (χ4n) is 2.32. The molecule has 1 N–H and O–H groups in total. The fourth-order valence-corrected chi connectivity index (χ4v) is 3.69. The molecular weight excluding hydrogens is 427 g/mol. The zero-order valence-corrected chi connectivity index (χ0v) is 17.0. The summed E-state index contributed by atoms with van der Waals surface area (Å²) in [7, 11) is 1.87. The molecule has 0 atom stereocenters. The maximum atomic E-state index is 4.40. The third kappa shape index (κ3) is 6.00. The number of anilines is 1. The molecule has 124 valence electrons. The number of guanidine groups is 1. The third-order valence-electron chi connectivity index (χ3n) is 3.37. The summed E-state index contributed by atoms with van der Waals surface area (Å²) in [5.74, 6) is 3.13. The number of thiophene rings is 1. The van der Waals surface area contributed by atoms with Crippen molar-refractivity contribution in [3.63, 3.8) is 0 Å². The highest BCUT2D eigenvalue weighted by atomic mass is 127. The van der Waals surface area contributed by atoms with E-state index in [0.717, 1.165) is 50.2 Å². The van der Waals surface area contributed by atoms with Crippen molar-refractivity contribution in [2.45, 2.75) is 0 Å². The van der Waals surface area contributed by atoms with Gasteiger partial charge in [-0.15, -0.1) is 41.9 Å². The van der Waals surface area contributed by atoms with Gasteiger partial charge in [-0.2, -0.15) is 11.8 Å². The van der Waals surface area contributed by atoms with Crippen LogP contribution in [0.4, 0.5) is 5.00 Å². The zero-order valence-electron chi connectivity index (χ0n) is 13.0. The molecule has 0 bridgehead atoms. The molecule has 0 unspecified atom stereocenters. The van der Waals surface area contributed by atoms with Crippen LogP contribution in [-0.4, -0.2) is 62.1 Å². The Morgan fingerprint density at radius 1 is 1.45 bits per heavy atom. The SMILES string of the molecule is C=CCSCCNC(=NC)N1CCN(c2cccs2)CC1.I. The molecule has 22 heavy (non-hydrogen) atoms. The summed E-state index contributed by atoms with van der Waals surface area (Å²) in [4.78, 5) is 9.21. The number of rotatable bonds is 6. The lowest BCUT2D eigenvalue weighted by Crippen LogP contribution is -2.52. The van der Waals surface area contributed by atoms with Gasteiger partial charge in [0.05, 0.1) is 5.00 Å². The lowest BCUT2D eigenvalue weighted by Gasteiger charge is -2.37. The van der Waals surface area contributed by atoms with Crippen molar-refractivity contribution in [2.24, 2.45) is 4.99 Å². The van der Waals surface area contributed by atoms with Crippen LogP contribution in [0, 0.1) is 0 Å². The standard InChI is InChI=1S/C15H24N4S2.HI/c1-3-11-20-13-6-17-15(16-2)19-9-7-18(8-10-19)14-5-4-12-21-14;/h3-5,12H,1,6-11,13H2,2H3,(H,16,17);1H. The van der Waals surface area contributed by atoms with Crippen LogP contribution in [0.3, 0.4) is 0 Å². The van der Waals surface area contributed by atoms with Crippen LogP contribution in [0.1, 0.15) is 0 Å². The van der Waals surface area contributed by atoms with E-state index in [1.807, 2.05) is 36.2 Å². The Balaban J connectivity index is 0.00000242. The number of piperazine rings is 1. The average Bonchev–Trinajstić information content (AvgIpc) is 3.06. The van der Waals surface area contributed by atoms with Gasteiger partial charge in [-0.05, 0) is 17.5 Å². The molecule has 0 spiro atoms. The average molecular weight is 452 g/mol. The number of thioether (sulfide) groups is 1. The predicted molar refractivity (Wildman–Crippen MR) is 112 cm³/mol. The number of nitrogens with zero attached hydrogens (tertiary/aromatic N) is 3. The Morgan fingerprint density at radius 3 is 2.82 bits per heavy atom. The van der Waals surface area contributed by atoms with Crippen LogP contribution in [0.25, 0.3) is 0 Å². The molecule has 0 aromatic carbocycles. The molecule has 7 heteroatoms. The number of halogens is 1. The molecule has 0 radical (unpaired) electrons. The maximum Gasteiger partial charge on any atom is 0.193 e. The van der Waals surface area contributed by atoms with Crippen LogP contribution in [0.5, 0.6) is 0 Å². The second kappa shape index (κ2) is 11.2. The van der Waals surface area contributed by atoms with Gasteiger partial charge in [-0.3, -0.25) is 4.99 Å². The van der Waals surface area contributed by atoms with Crippen molar-refractivity contribution in [3.05, 3.63) is 30.2 Å². The highest BCUT2D eigenvalue weighted by molar-refractivity contribution is 14.0. The first-order chi connectivity index (χ1) is 10.3. The van der Waals surface area contributed by atoms with Gasteiger partial charge in [0, 0.05) is 51.3 Å². The van der Waals surface area contributed by atoms with Crippen molar-refractivity contribution < 1.29 is 0 Å². The monoisotopic (exact) mass is 452 g/mol. The van der Waals surface area contributed by atoms with Crippen LogP contribution < -0.4 is 10.2 Å². The van der Waals surface area contributed by atoms with Crippen LogP contribution in [0.15, 0.2) is 35.2 Å². The van der Waals surface area contributed by atoms with Gasteiger partial charge in [-0.25, -0.2) is 0 Å². The highest BCUT2D eigenvalue weighted by Gasteiger charge is 2.19. The smallest absolute Gasteiger partial charge is 0.193 e.